The van der Waals surface area contributed by atoms with Gasteiger partial charge in [0.05, 0.1) is 18.1 Å². The summed E-state index contributed by atoms with van der Waals surface area (Å²) in [6.07, 6.45) is 0.132. The van der Waals surface area contributed by atoms with E-state index in [9.17, 15) is 18.0 Å². The third-order valence-corrected chi connectivity index (χ3v) is 7.46. The van der Waals surface area contributed by atoms with E-state index < -0.39 is 22.0 Å². The second kappa shape index (κ2) is 12.2. The molecule has 0 saturated carbocycles. The highest BCUT2D eigenvalue weighted by molar-refractivity contribution is 7.90. The third kappa shape index (κ3) is 7.55. The Morgan fingerprint density at radius 1 is 1.00 bits per heavy atom. The molecule has 10 heteroatoms. The lowest BCUT2D eigenvalue weighted by Crippen LogP contribution is -2.36. The molecule has 1 aliphatic heterocycles. The molecule has 1 atom stereocenters. The van der Waals surface area contributed by atoms with Crippen molar-refractivity contribution in [2.45, 2.75) is 17.9 Å². The molecule has 3 aromatic carbocycles. The molecule has 1 unspecified atom stereocenters. The van der Waals surface area contributed by atoms with Gasteiger partial charge in [0.15, 0.2) is 0 Å². The molecule has 8 nitrogen and oxygen atoms in total. The first-order chi connectivity index (χ1) is 17.8. The number of carbonyl (C=O) groups excluding carboxylic acids is 2. The molecule has 1 N–H and O–H groups in total. The van der Waals surface area contributed by atoms with Crippen LogP contribution >= 0.6 is 11.6 Å². The summed E-state index contributed by atoms with van der Waals surface area (Å²) in [7, 11) is -4.05. The van der Waals surface area contributed by atoms with Gasteiger partial charge in [-0.15, -0.1) is 0 Å². The van der Waals surface area contributed by atoms with Crippen molar-refractivity contribution in [1.29, 1.82) is 0 Å². The van der Waals surface area contributed by atoms with E-state index in [2.05, 4.69) is 4.72 Å². The summed E-state index contributed by atoms with van der Waals surface area (Å²) >= 11 is 5.82. The van der Waals surface area contributed by atoms with Crippen LogP contribution in [0, 0.1) is 5.92 Å². The standard InChI is InChI=1S/C27H27ClN2O6S/c28-24-9-11-25(12-10-24)37(33,34)29-26(31)23-8-4-7-21(16-23)15-22-17-30(13-14-35-18-22)27(32)36-19-20-5-2-1-3-6-20/h1-12,16,22H,13-15,17-19H2,(H,29,31). The van der Waals surface area contributed by atoms with Gasteiger partial charge in [0.1, 0.15) is 6.61 Å². The van der Waals surface area contributed by atoms with Crippen LogP contribution in [0.4, 0.5) is 4.79 Å². The molecular weight excluding hydrogens is 516 g/mol. The van der Waals surface area contributed by atoms with E-state index in [4.69, 9.17) is 21.1 Å². The minimum Gasteiger partial charge on any atom is -0.445 e. The molecular formula is C27H27ClN2O6S. The first kappa shape index (κ1) is 26.7. The van der Waals surface area contributed by atoms with Gasteiger partial charge in [-0.05, 0) is 53.9 Å². The van der Waals surface area contributed by atoms with Crippen LogP contribution in [0.5, 0.6) is 0 Å². The predicted octanol–water partition coefficient (Wildman–Crippen LogP) is 4.29. The van der Waals surface area contributed by atoms with Crippen LogP contribution in [-0.2, 0) is 32.5 Å². The number of ether oxygens (including phenoxy) is 2. The molecule has 0 spiro atoms. The molecule has 1 saturated heterocycles. The lowest BCUT2D eigenvalue weighted by molar-refractivity contribution is 0.0914. The first-order valence-electron chi connectivity index (χ1n) is 11.8. The Hall–Kier alpha value is -3.40. The average molecular weight is 543 g/mol. The molecule has 0 aromatic heterocycles. The minimum atomic E-state index is -4.05. The van der Waals surface area contributed by atoms with Crippen molar-refractivity contribution in [1.82, 2.24) is 9.62 Å². The second-order valence-electron chi connectivity index (χ2n) is 8.72. The number of carbonyl (C=O) groups is 2. The first-order valence-corrected chi connectivity index (χ1v) is 13.6. The number of benzene rings is 3. The number of halogens is 1. The summed E-state index contributed by atoms with van der Waals surface area (Å²) in [5.74, 6) is -0.761. The van der Waals surface area contributed by atoms with Crippen LogP contribution in [0.3, 0.4) is 0 Å². The van der Waals surface area contributed by atoms with E-state index in [1.54, 1.807) is 23.1 Å². The van der Waals surface area contributed by atoms with Gasteiger partial charge in [-0.2, -0.15) is 0 Å². The summed E-state index contributed by atoms with van der Waals surface area (Å²) < 4.78 is 38.4. The SMILES string of the molecule is O=C(NS(=O)(=O)c1ccc(Cl)cc1)c1cccc(CC2COCCN(C(=O)OCc3ccccc3)C2)c1. The number of amides is 2. The fourth-order valence-electron chi connectivity index (χ4n) is 4.01. The van der Waals surface area contributed by atoms with Crippen molar-refractivity contribution < 1.29 is 27.5 Å². The van der Waals surface area contributed by atoms with Crippen LogP contribution in [0.15, 0.2) is 83.8 Å². The molecule has 1 heterocycles. The highest BCUT2D eigenvalue weighted by atomic mass is 35.5. The highest BCUT2D eigenvalue weighted by Crippen LogP contribution is 2.18. The second-order valence-corrected chi connectivity index (χ2v) is 10.8. The minimum absolute atomic E-state index is 0.0251. The molecule has 194 valence electrons. The van der Waals surface area contributed by atoms with Crippen molar-refractivity contribution in [2.75, 3.05) is 26.3 Å². The summed E-state index contributed by atoms with van der Waals surface area (Å²) in [5, 5.41) is 0.392. The number of rotatable bonds is 7. The number of nitrogens with zero attached hydrogens (tertiary/aromatic N) is 1. The van der Waals surface area contributed by atoms with E-state index in [-0.39, 0.29) is 23.0 Å². The number of nitrogens with one attached hydrogen (secondary N) is 1. The molecule has 0 bridgehead atoms. The van der Waals surface area contributed by atoms with Crippen molar-refractivity contribution in [3.8, 4) is 0 Å². The number of hydrogen-bond donors (Lipinski definition) is 1. The van der Waals surface area contributed by atoms with Gasteiger partial charge in [-0.1, -0.05) is 54.1 Å². The van der Waals surface area contributed by atoms with E-state index in [1.807, 2.05) is 36.4 Å². The van der Waals surface area contributed by atoms with Gasteiger partial charge in [0.25, 0.3) is 15.9 Å². The van der Waals surface area contributed by atoms with Crippen molar-refractivity contribution in [2.24, 2.45) is 5.92 Å². The number of hydrogen-bond acceptors (Lipinski definition) is 6. The summed E-state index contributed by atoms with van der Waals surface area (Å²) in [6.45, 7) is 1.91. The lowest BCUT2D eigenvalue weighted by Gasteiger charge is -2.23. The van der Waals surface area contributed by atoms with Gasteiger partial charge in [0.2, 0.25) is 0 Å². The van der Waals surface area contributed by atoms with Crippen molar-refractivity contribution >= 4 is 33.6 Å². The molecule has 37 heavy (non-hydrogen) atoms. The van der Waals surface area contributed by atoms with Gasteiger partial charge in [-0.25, -0.2) is 17.9 Å². The Balaban J connectivity index is 1.37. The number of sulfonamides is 1. The largest absolute Gasteiger partial charge is 0.445 e. The molecule has 0 aliphatic carbocycles. The zero-order valence-corrected chi connectivity index (χ0v) is 21.6. The lowest BCUT2D eigenvalue weighted by atomic mass is 9.98. The molecule has 1 fully saturated rings. The smallest absolute Gasteiger partial charge is 0.410 e. The van der Waals surface area contributed by atoms with Crippen LogP contribution < -0.4 is 4.72 Å². The highest BCUT2D eigenvalue weighted by Gasteiger charge is 2.24. The Labute approximate surface area is 221 Å². The van der Waals surface area contributed by atoms with E-state index in [0.29, 0.717) is 37.7 Å². The maximum Gasteiger partial charge on any atom is 0.410 e. The van der Waals surface area contributed by atoms with Crippen LogP contribution in [-0.4, -0.2) is 51.6 Å². The Morgan fingerprint density at radius 2 is 1.73 bits per heavy atom. The average Bonchev–Trinajstić information content (AvgIpc) is 3.14. The fourth-order valence-corrected chi connectivity index (χ4v) is 5.11. The predicted molar refractivity (Wildman–Crippen MR) is 139 cm³/mol. The Kier molecular flexibility index (Phi) is 8.81. The maximum atomic E-state index is 12.7. The topological polar surface area (TPSA) is 102 Å². The zero-order chi connectivity index (χ0) is 26.3. The van der Waals surface area contributed by atoms with Crippen LogP contribution in [0.1, 0.15) is 21.5 Å². The molecule has 4 rings (SSSR count). The normalized spacial score (nSPS) is 16.0. The van der Waals surface area contributed by atoms with Gasteiger partial charge in [-0.3, -0.25) is 4.79 Å². The van der Waals surface area contributed by atoms with Gasteiger partial charge < -0.3 is 14.4 Å². The van der Waals surface area contributed by atoms with Gasteiger partial charge >= 0.3 is 6.09 Å². The van der Waals surface area contributed by atoms with Crippen LogP contribution in [0.25, 0.3) is 0 Å². The molecule has 0 radical (unpaired) electrons. The molecule has 3 aromatic rings. The van der Waals surface area contributed by atoms with Crippen molar-refractivity contribution in [3.05, 3.63) is 101 Å². The Bertz CT molecular complexity index is 1330. The maximum absolute atomic E-state index is 12.7. The summed E-state index contributed by atoms with van der Waals surface area (Å²) in [5.41, 5.74) is 1.94. The Morgan fingerprint density at radius 3 is 2.49 bits per heavy atom. The molecule has 1 aliphatic rings. The molecule has 2 amide bonds. The summed E-state index contributed by atoms with van der Waals surface area (Å²) in [6, 6.07) is 21.8. The van der Waals surface area contributed by atoms with Gasteiger partial charge in [0, 0.05) is 29.6 Å². The quantitative estimate of drug-likeness (QED) is 0.478. The zero-order valence-electron chi connectivity index (χ0n) is 20.0. The van der Waals surface area contributed by atoms with Crippen LogP contribution in [0.2, 0.25) is 5.02 Å². The van der Waals surface area contributed by atoms with E-state index in [0.717, 1.165) is 11.1 Å². The van der Waals surface area contributed by atoms with E-state index >= 15 is 0 Å². The monoisotopic (exact) mass is 542 g/mol. The van der Waals surface area contributed by atoms with Crippen molar-refractivity contribution in [3.63, 3.8) is 0 Å². The summed E-state index contributed by atoms with van der Waals surface area (Å²) in [4.78, 5) is 27.0. The third-order valence-electron chi connectivity index (χ3n) is 5.87. The fraction of sp³-hybridized carbons (Fsp3) is 0.259. The van der Waals surface area contributed by atoms with E-state index in [1.165, 1.54) is 24.3 Å².